The van der Waals surface area contributed by atoms with Crippen LogP contribution in [-0.4, -0.2) is 46.3 Å². The Morgan fingerprint density at radius 2 is 2.14 bits per heavy atom. The molecule has 2 unspecified atom stereocenters. The SMILES string of the molecule is Cc1ccc(NC(=O)N2CCC(C)C2CO)c(C(=O)O)c1. The Bertz CT molecular complexity index is 559. The molecule has 0 radical (unpaired) electrons. The maximum absolute atomic E-state index is 12.3. The van der Waals surface area contributed by atoms with Crippen molar-refractivity contribution in [1.82, 2.24) is 4.90 Å². The number of nitrogens with zero attached hydrogens (tertiary/aromatic N) is 1. The van der Waals surface area contributed by atoms with Crippen LogP contribution in [0, 0.1) is 12.8 Å². The number of carboxylic acids is 1. The fourth-order valence-corrected chi connectivity index (χ4v) is 2.67. The number of nitrogens with one attached hydrogen (secondary N) is 1. The van der Waals surface area contributed by atoms with Crippen molar-refractivity contribution in [2.45, 2.75) is 26.3 Å². The zero-order chi connectivity index (χ0) is 15.6. The van der Waals surface area contributed by atoms with E-state index in [1.807, 2.05) is 6.92 Å². The van der Waals surface area contributed by atoms with Crippen LogP contribution in [0.25, 0.3) is 0 Å². The molecule has 6 nitrogen and oxygen atoms in total. The van der Waals surface area contributed by atoms with E-state index in [0.29, 0.717) is 6.54 Å². The van der Waals surface area contributed by atoms with Crippen molar-refractivity contribution in [1.29, 1.82) is 0 Å². The standard InChI is InChI=1S/C15H20N2O4/c1-9-3-4-12(11(7-9)14(19)20)16-15(21)17-6-5-10(2)13(17)8-18/h3-4,7,10,13,18H,5-6,8H2,1-2H3,(H,16,21)(H,19,20). The summed E-state index contributed by atoms with van der Waals surface area (Å²) in [6.45, 7) is 4.26. The third kappa shape index (κ3) is 3.16. The lowest BCUT2D eigenvalue weighted by Crippen LogP contribution is -2.42. The van der Waals surface area contributed by atoms with E-state index >= 15 is 0 Å². The second-order valence-electron chi connectivity index (χ2n) is 5.49. The summed E-state index contributed by atoms with van der Waals surface area (Å²) in [5, 5.41) is 21.2. The largest absolute Gasteiger partial charge is 0.478 e. The Labute approximate surface area is 123 Å². The van der Waals surface area contributed by atoms with Gasteiger partial charge >= 0.3 is 12.0 Å². The van der Waals surface area contributed by atoms with E-state index in [4.69, 9.17) is 0 Å². The number of aromatic carboxylic acids is 1. The van der Waals surface area contributed by atoms with Crippen LogP contribution in [0.3, 0.4) is 0 Å². The molecule has 1 aliphatic heterocycles. The highest BCUT2D eigenvalue weighted by atomic mass is 16.4. The van der Waals surface area contributed by atoms with Crippen LogP contribution in [0.1, 0.15) is 29.3 Å². The predicted octanol–water partition coefficient (Wildman–Crippen LogP) is 1.93. The van der Waals surface area contributed by atoms with Crippen LogP contribution >= 0.6 is 0 Å². The molecule has 0 spiro atoms. The van der Waals surface area contributed by atoms with Crippen LogP contribution in [0.5, 0.6) is 0 Å². The molecule has 1 fully saturated rings. The normalized spacial score (nSPS) is 21.4. The number of hydrogen-bond acceptors (Lipinski definition) is 3. The zero-order valence-electron chi connectivity index (χ0n) is 12.2. The molecule has 21 heavy (non-hydrogen) atoms. The molecule has 1 saturated heterocycles. The summed E-state index contributed by atoms with van der Waals surface area (Å²) >= 11 is 0. The van der Waals surface area contributed by atoms with Crippen LogP contribution < -0.4 is 5.32 Å². The van der Waals surface area contributed by atoms with Gasteiger partial charge in [0.25, 0.3) is 0 Å². The number of anilines is 1. The number of hydrogen-bond donors (Lipinski definition) is 3. The van der Waals surface area contributed by atoms with Gasteiger partial charge in [0.15, 0.2) is 0 Å². The number of aliphatic hydroxyl groups excluding tert-OH is 1. The first-order valence-electron chi connectivity index (χ1n) is 6.96. The highest BCUT2D eigenvalue weighted by molar-refractivity contribution is 6.00. The molecule has 2 atom stereocenters. The molecule has 2 rings (SSSR count). The van der Waals surface area contributed by atoms with Crippen molar-refractivity contribution in [2.24, 2.45) is 5.92 Å². The average molecular weight is 292 g/mol. The highest BCUT2D eigenvalue weighted by Crippen LogP contribution is 2.25. The Morgan fingerprint density at radius 1 is 1.43 bits per heavy atom. The first kappa shape index (κ1) is 15.3. The summed E-state index contributed by atoms with van der Waals surface area (Å²) in [6, 6.07) is 4.27. The number of aliphatic hydroxyl groups is 1. The zero-order valence-corrected chi connectivity index (χ0v) is 12.2. The van der Waals surface area contributed by atoms with E-state index in [1.165, 1.54) is 6.07 Å². The number of carboxylic acid groups (broad SMARTS) is 1. The number of aryl methyl sites for hydroxylation is 1. The molecular formula is C15H20N2O4. The molecule has 0 aliphatic carbocycles. The molecule has 1 aliphatic rings. The number of urea groups is 1. The summed E-state index contributed by atoms with van der Waals surface area (Å²) in [5.41, 5.74) is 1.15. The first-order chi connectivity index (χ1) is 9.93. The van der Waals surface area contributed by atoms with Gasteiger partial charge in [-0.05, 0) is 31.4 Å². The van der Waals surface area contributed by atoms with Crippen LogP contribution in [0.2, 0.25) is 0 Å². The number of carbonyl (C=O) groups is 2. The van der Waals surface area contributed by atoms with Gasteiger partial charge < -0.3 is 20.4 Å². The van der Waals surface area contributed by atoms with Gasteiger partial charge in [-0.1, -0.05) is 18.6 Å². The van der Waals surface area contributed by atoms with Crippen molar-refractivity contribution in [3.63, 3.8) is 0 Å². The van der Waals surface area contributed by atoms with Gasteiger partial charge in [-0.25, -0.2) is 9.59 Å². The monoisotopic (exact) mass is 292 g/mol. The molecule has 114 valence electrons. The third-order valence-electron chi connectivity index (χ3n) is 3.98. The lowest BCUT2D eigenvalue weighted by Gasteiger charge is -2.25. The first-order valence-corrected chi connectivity index (χ1v) is 6.96. The molecule has 0 bridgehead atoms. The molecule has 6 heteroatoms. The minimum absolute atomic E-state index is 0.0659. The van der Waals surface area contributed by atoms with E-state index in [1.54, 1.807) is 24.0 Å². The van der Waals surface area contributed by atoms with Gasteiger partial charge in [0, 0.05) is 6.54 Å². The number of amides is 2. The topological polar surface area (TPSA) is 89.9 Å². The van der Waals surface area contributed by atoms with Crippen molar-refractivity contribution >= 4 is 17.7 Å². The molecule has 0 saturated carbocycles. The van der Waals surface area contributed by atoms with Crippen molar-refractivity contribution in [2.75, 3.05) is 18.5 Å². The van der Waals surface area contributed by atoms with Crippen molar-refractivity contribution in [3.05, 3.63) is 29.3 Å². The molecule has 1 aromatic rings. The average Bonchev–Trinajstić information content (AvgIpc) is 2.81. The lowest BCUT2D eigenvalue weighted by molar-refractivity contribution is 0.0698. The van der Waals surface area contributed by atoms with E-state index in [-0.39, 0.29) is 35.8 Å². The van der Waals surface area contributed by atoms with Gasteiger partial charge in [0.05, 0.1) is 23.9 Å². The van der Waals surface area contributed by atoms with Gasteiger partial charge in [-0.3, -0.25) is 0 Å². The van der Waals surface area contributed by atoms with Crippen LogP contribution in [0.4, 0.5) is 10.5 Å². The van der Waals surface area contributed by atoms with E-state index in [2.05, 4.69) is 5.32 Å². The Morgan fingerprint density at radius 3 is 2.76 bits per heavy atom. The number of carbonyl (C=O) groups excluding carboxylic acids is 1. The van der Waals surface area contributed by atoms with Gasteiger partial charge in [-0.15, -0.1) is 0 Å². The summed E-state index contributed by atoms with van der Waals surface area (Å²) < 4.78 is 0. The maximum atomic E-state index is 12.3. The smallest absolute Gasteiger partial charge is 0.337 e. The van der Waals surface area contributed by atoms with Crippen molar-refractivity contribution in [3.8, 4) is 0 Å². The Kier molecular flexibility index (Phi) is 4.47. The lowest BCUT2D eigenvalue weighted by atomic mass is 10.0. The molecule has 2 amide bonds. The van der Waals surface area contributed by atoms with Crippen LogP contribution in [-0.2, 0) is 0 Å². The maximum Gasteiger partial charge on any atom is 0.337 e. The molecule has 0 aromatic heterocycles. The van der Waals surface area contributed by atoms with Crippen LogP contribution in [0.15, 0.2) is 18.2 Å². The quantitative estimate of drug-likeness (QED) is 0.794. The second-order valence-corrected chi connectivity index (χ2v) is 5.49. The van der Waals surface area contributed by atoms with Crippen molar-refractivity contribution < 1.29 is 19.8 Å². The predicted molar refractivity (Wildman–Crippen MR) is 78.5 cm³/mol. The number of likely N-dealkylation sites (tertiary alicyclic amines) is 1. The van der Waals surface area contributed by atoms with Gasteiger partial charge in [-0.2, -0.15) is 0 Å². The molecule has 1 heterocycles. The highest BCUT2D eigenvalue weighted by Gasteiger charge is 2.34. The number of benzene rings is 1. The van der Waals surface area contributed by atoms with Gasteiger partial charge in [0.1, 0.15) is 0 Å². The summed E-state index contributed by atoms with van der Waals surface area (Å²) in [5.74, 6) is -0.847. The van der Waals surface area contributed by atoms with E-state index in [0.717, 1.165) is 12.0 Å². The minimum atomic E-state index is -1.08. The van der Waals surface area contributed by atoms with Gasteiger partial charge in [0.2, 0.25) is 0 Å². The number of rotatable bonds is 3. The second kappa shape index (κ2) is 6.13. The molecular weight excluding hydrogens is 272 g/mol. The van der Waals surface area contributed by atoms with E-state index in [9.17, 15) is 19.8 Å². The summed E-state index contributed by atoms with van der Waals surface area (Å²) in [7, 11) is 0. The minimum Gasteiger partial charge on any atom is -0.478 e. The fraction of sp³-hybridized carbons (Fsp3) is 0.467. The Hall–Kier alpha value is -2.08. The Balaban J connectivity index is 2.18. The molecule has 3 N–H and O–H groups in total. The fourth-order valence-electron chi connectivity index (χ4n) is 2.67. The molecule has 1 aromatic carbocycles. The summed E-state index contributed by atoms with van der Waals surface area (Å²) in [6.07, 6.45) is 0.832. The summed E-state index contributed by atoms with van der Waals surface area (Å²) in [4.78, 5) is 25.1. The van der Waals surface area contributed by atoms with E-state index < -0.39 is 5.97 Å². The third-order valence-corrected chi connectivity index (χ3v) is 3.98.